The van der Waals surface area contributed by atoms with Crippen molar-refractivity contribution in [3.8, 4) is 0 Å². The molecule has 108 valence electrons. The largest absolute Gasteiger partial charge is 0.299 e. The summed E-state index contributed by atoms with van der Waals surface area (Å²) in [7, 11) is 0. The van der Waals surface area contributed by atoms with Crippen LogP contribution in [-0.2, 0) is 17.6 Å². The average molecular weight is 278 g/mol. The van der Waals surface area contributed by atoms with Crippen molar-refractivity contribution >= 4 is 16.6 Å². The maximum atomic E-state index is 11.7. The number of aryl methyl sites for hydroxylation is 1. The second-order valence-corrected chi connectivity index (χ2v) is 6.78. The highest BCUT2D eigenvalue weighted by Gasteiger charge is 2.18. The summed E-state index contributed by atoms with van der Waals surface area (Å²) in [6.45, 7) is 0. The van der Waals surface area contributed by atoms with Crippen molar-refractivity contribution in [3.63, 3.8) is 0 Å². The molecule has 1 fully saturated rings. The van der Waals surface area contributed by atoms with Crippen LogP contribution in [0.5, 0.6) is 0 Å². The first-order valence-electron chi connectivity index (χ1n) is 8.37. The zero-order valence-electron chi connectivity index (χ0n) is 12.5. The molecule has 0 aliphatic heterocycles. The standard InChI is InChI=1S/C20H22O/c21-20-9-8-17-10-16-7-6-15(14-4-2-1-3-5-14)11-18(16)12-19(17)13-20/h6-7,10-12,14H,1-5,8-9,13H2. The van der Waals surface area contributed by atoms with Gasteiger partial charge in [0.1, 0.15) is 5.78 Å². The van der Waals surface area contributed by atoms with E-state index in [9.17, 15) is 4.79 Å². The Morgan fingerprint density at radius 2 is 1.62 bits per heavy atom. The Hall–Kier alpha value is -1.63. The first-order valence-corrected chi connectivity index (χ1v) is 8.37. The number of ketones is 1. The van der Waals surface area contributed by atoms with Gasteiger partial charge in [-0.05, 0) is 52.6 Å². The fourth-order valence-electron chi connectivity index (χ4n) is 4.07. The van der Waals surface area contributed by atoms with E-state index in [1.165, 1.54) is 59.6 Å². The molecule has 0 saturated heterocycles. The van der Waals surface area contributed by atoms with Crippen LogP contribution in [0.2, 0.25) is 0 Å². The molecule has 0 amide bonds. The fraction of sp³-hybridized carbons (Fsp3) is 0.450. The SMILES string of the molecule is O=C1CCc2cc3ccc(C4CCCCC4)cc3cc2C1. The van der Waals surface area contributed by atoms with Crippen LogP contribution in [0.4, 0.5) is 0 Å². The lowest BCUT2D eigenvalue weighted by Gasteiger charge is -2.23. The highest BCUT2D eigenvalue weighted by molar-refractivity contribution is 5.89. The predicted molar refractivity (Wildman–Crippen MR) is 86.8 cm³/mol. The second-order valence-electron chi connectivity index (χ2n) is 6.78. The zero-order valence-corrected chi connectivity index (χ0v) is 12.5. The van der Waals surface area contributed by atoms with E-state index in [-0.39, 0.29) is 0 Å². The van der Waals surface area contributed by atoms with Crippen molar-refractivity contribution in [2.24, 2.45) is 0 Å². The third kappa shape index (κ3) is 2.50. The molecule has 0 N–H and O–H groups in total. The monoisotopic (exact) mass is 278 g/mol. The molecule has 0 unspecified atom stereocenters. The van der Waals surface area contributed by atoms with Crippen LogP contribution in [0.15, 0.2) is 30.3 Å². The summed E-state index contributed by atoms with van der Waals surface area (Å²) in [5.41, 5.74) is 4.15. The van der Waals surface area contributed by atoms with E-state index >= 15 is 0 Å². The molecule has 0 atom stereocenters. The minimum absolute atomic E-state index is 0.394. The Kier molecular flexibility index (Phi) is 3.29. The van der Waals surface area contributed by atoms with Crippen LogP contribution in [0.25, 0.3) is 10.8 Å². The van der Waals surface area contributed by atoms with Crippen molar-refractivity contribution in [1.82, 2.24) is 0 Å². The molecule has 0 heterocycles. The summed E-state index contributed by atoms with van der Waals surface area (Å²) >= 11 is 0. The van der Waals surface area contributed by atoms with Gasteiger partial charge in [-0.2, -0.15) is 0 Å². The lowest BCUT2D eigenvalue weighted by Crippen LogP contribution is -2.13. The van der Waals surface area contributed by atoms with Crippen LogP contribution in [0, 0.1) is 0 Å². The first kappa shape index (κ1) is 13.1. The summed E-state index contributed by atoms with van der Waals surface area (Å²) < 4.78 is 0. The molecule has 2 aromatic carbocycles. The molecule has 1 nitrogen and oxygen atoms in total. The number of hydrogen-bond acceptors (Lipinski definition) is 1. The van der Waals surface area contributed by atoms with Gasteiger partial charge in [-0.15, -0.1) is 0 Å². The Morgan fingerprint density at radius 1 is 0.810 bits per heavy atom. The van der Waals surface area contributed by atoms with Gasteiger partial charge in [-0.25, -0.2) is 0 Å². The molecule has 1 heteroatoms. The number of carbonyl (C=O) groups excluding carboxylic acids is 1. The predicted octanol–water partition coefficient (Wildman–Crippen LogP) is 4.95. The lowest BCUT2D eigenvalue weighted by molar-refractivity contribution is -0.118. The van der Waals surface area contributed by atoms with Crippen molar-refractivity contribution < 1.29 is 4.79 Å². The number of fused-ring (bicyclic) bond motifs is 2. The maximum absolute atomic E-state index is 11.7. The average Bonchev–Trinajstić information content (AvgIpc) is 2.53. The van der Waals surface area contributed by atoms with E-state index in [2.05, 4.69) is 30.3 Å². The molecule has 4 rings (SSSR count). The zero-order chi connectivity index (χ0) is 14.2. The molecule has 0 radical (unpaired) electrons. The van der Waals surface area contributed by atoms with Crippen LogP contribution in [0.3, 0.4) is 0 Å². The van der Waals surface area contributed by atoms with Gasteiger partial charge in [0.15, 0.2) is 0 Å². The number of hydrogen-bond donors (Lipinski definition) is 0. The number of carbonyl (C=O) groups is 1. The summed E-state index contributed by atoms with van der Waals surface area (Å²) in [5, 5.41) is 2.66. The van der Waals surface area contributed by atoms with Crippen LogP contribution >= 0.6 is 0 Å². The molecule has 21 heavy (non-hydrogen) atoms. The van der Waals surface area contributed by atoms with E-state index in [1.54, 1.807) is 0 Å². The van der Waals surface area contributed by atoms with Crippen LogP contribution < -0.4 is 0 Å². The highest BCUT2D eigenvalue weighted by Crippen LogP contribution is 2.35. The van der Waals surface area contributed by atoms with Crippen LogP contribution in [0.1, 0.15) is 61.1 Å². The smallest absolute Gasteiger partial charge is 0.137 e. The lowest BCUT2D eigenvalue weighted by atomic mass is 9.82. The molecule has 0 aromatic heterocycles. The van der Waals surface area contributed by atoms with E-state index in [4.69, 9.17) is 0 Å². The maximum Gasteiger partial charge on any atom is 0.137 e. The van der Waals surface area contributed by atoms with Gasteiger partial charge in [0.25, 0.3) is 0 Å². The Balaban J connectivity index is 1.74. The third-order valence-corrected chi connectivity index (χ3v) is 5.32. The van der Waals surface area contributed by atoms with E-state index < -0.39 is 0 Å². The number of benzene rings is 2. The number of Topliss-reactive ketones (excluding diaryl/α,β-unsaturated/α-hetero) is 1. The summed E-state index contributed by atoms with van der Waals surface area (Å²) in [5.74, 6) is 1.14. The fourth-order valence-corrected chi connectivity index (χ4v) is 4.07. The van der Waals surface area contributed by atoms with Crippen molar-refractivity contribution in [2.75, 3.05) is 0 Å². The van der Waals surface area contributed by atoms with Gasteiger partial charge in [0, 0.05) is 12.8 Å². The van der Waals surface area contributed by atoms with Crippen molar-refractivity contribution in [2.45, 2.75) is 57.3 Å². The Morgan fingerprint density at radius 3 is 2.48 bits per heavy atom. The molecular weight excluding hydrogens is 256 g/mol. The van der Waals surface area contributed by atoms with Crippen molar-refractivity contribution in [1.29, 1.82) is 0 Å². The molecule has 1 saturated carbocycles. The quantitative estimate of drug-likeness (QED) is 0.721. The normalized spacial score (nSPS) is 19.7. The minimum Gasteiger partial charge on any atom is -0.299 e. The van der Waals surface area contributed by atoms with Gasteiger partial charge in [0.05, 0.1) is 0 Å². The van der Waals surface area contributed by atoms with E-state index in [1.807, 2.05) is 0 Å². The molecule has 2 aliphatic carbocycles. The summed E-state index contributed by atoms with van der Waals surface area (Å²) in [6, 6.07) is 11.6. The molecule has 0 bridgehead atoms. The first-order chi connectivity index (χ1) is 10.3. The van der Waals surface area contributed by atoms with Gasteiger partial charge < -0.3 is 0 Å². The summed E-state index contributed by atoms with van der Waals surface area (Å²) in [4.78, 5) is 11.7. The van der Waals surface area contributed by atoms with E-state index in [0.29, 0.717) is 12.2 Å². The molecule has 2 aromatic rings. The van der Waals surface area contributed by atoms with Gasteiger partial charge >= 0.3 is 0 Å². The molecule has 2 aliphatic rings. The second kappa shape index (κ2) is 5.29. The number of rotatable bonds is 1. The summed E-state index contributed by atoms with van der Waals surface area (Å²) in [6.07, 6.45) is 9.12. The van der Waals surface area contributed by atoms with Gasteiger partial charge in [-0.3, -0.25) is 4.79 Å². The van der Waals surface area contributed by atoms with Crippen molar-refractivity contribution in [3.05, 3.63) is 47.0 Å². The Labute approximate surface area is 126 Å². The molecule has 0 spiro atoms. The van der Waals surface area contributed by atoms with E-state index in [0.717, 1.165) is 18.8 Å². The topological polar surface area (TPSA) is 17.1 Å². The van der Waals surface area contributed by atoms with Gasteiger partial charge in [0.2, 0.25) is 0 Å². The molecular formula is C20H22O. The van der Waals surface area contributed by atoms with Gasteiger partial charge in [-0.1, -0.05) is 49.6 Å². The Bertz CT molecular complexity index is 692. The minimum atomic E-state index is 0.394. The van der Waals surface area contributed by atoms with Crippen LogP contribution in [-0.4, -0.2) is 5.78 Å². The highest BCUT2D eigenvalue weighted by atomic mass is 16.1. The third-order valence-electron chi connectivity index (χ3n) is 5.32.